The van der Waals surface area contributed by atoms with Crippen molar-refractivity contribution in [2.45, 2.75) is 4.90 Å². The van der Waals surface area contributed by atoms with Gasteiger partial charge in [-0.2, -0.15) is 5.26 Å². The number of benzene rings is 1. The third-order valence-electron chi connectivity index (χ3n) is 1.18. The van der Waals surface area contributed by atoms with Gasteiger partial charge in [0, 0.05) is 9.37 Å². The summed E-state index contributed by atoms with van der Waals surface area (Å²) in [6, 6.07) is 5.44. The largest absolute Gasteiger partial charge is 0.192 e. The number of halogens is 2. The maximum atomic E-state index is 8.62. The van der Waals surface area contributed by atoms with E-state index in [4.69, 9.17) is 16.9 Å². The van der Waals surface area contributed by atoms with E-state index in [1.807, 2.05) is 6.07 Å². The lowest BCUT2D eigenvalue weighted by Gasteiger charge is -1.99. The lowest BCUT2D eigenvalue weighted by atomic mass is 10.2. The van der Waals surface area contributed by atoms with Crippen LogP contribution in [0.2, 0.25) is 5.02 Å². The first kappa shape index (κ1) is 8.92. The molecule has 0 heterocycles. The number of nitrogens with zero attached hydrogens (tertiary/aromatic N) is 1. The first-order valence-corrected chi connectivity index (χ1v) is 4.35. The van der Waals surface area contributed by atoms with Gasteiger partial charge in [-0.05, 0) is 28.1 Å². The van der Waals surface area contributed by atoms with Gasteiger partial charge in [0.25, 0.3) is 0 Å². The van der Waals surface area contributed by atoms with Crippen LogP contribution < -0.4 is 0 Å². The molecule has 0 saturated heterocycles. The average molecular weight is 249 g/mol. The molecule has 1 aromatic rings. The minimum atomic E-state index is 0.407. The van der Waals surface area contributed by atoms with Crippen LogP contribution in [0.15, 0.2) is 21.5 Å². The summed E-state index contributed by atoms with van der Waals surface area (Å²) in [6.07, 6.45) is 0. The molecule has 0 aromatic heterocycles. The summed E-state index contributed by atoms with van der Waals surface area (Å²) in [7, 11) is 0. The van der Waals surface area contributed by atoms with Crippen molar-refractivity contribution >= 4 is 40.2 Å². The topological polar surface area (TPSA) is 23.8 Å². The van der Waals surface area contributed by atoms with Gasteiger partial charge >= 0.3 is 0 Å². The normalized spacial score (nSPS) is 9.27. The Morgan fingerprint density at radius 2 is 2.18 bits per heavy atom. The molecule has 4 heteroatoms. The van der Waals surface area contributed by atoms with Crippen LogP contribution >= 0.6 is 40.2 Å². The van der Waals surface area contributed by atoms with Crippen LogP contribution in [-0.4, -0.2) is 0 Å². The van der Waals surface area contributed by atoms with E-state index >= 15 is 0 Å². The summed E-state index contributed by atoms with van der Waals surface area (Å²) >= 11 is 13.1. The van der Waals surface area contributed by atoms with Crippen molar-refractivity contribution in [1.82, 2.24) is 0 Å². The molecule has 0 spiro atoms. The number of nitriles is 1. The van der Waals surface area contributed by atoms with Gasteiger partial charge < -0.3 is 0 Å². The van der Waals surface area contributed by atoms with Crippen LogP contribution in [0.4, 0.5) is 0 Å². The summed E-state index contributed by atoms with van der Waals surface area (Å²) < 4.78 is 0.716. The molecular formula is C7H3BrClNS. The Bertz CT molecular complexity index is 332. The first-order chi connectivity index (χ1) is 5.16. The molecule has 0 radical (unpaired) electrons. The molecule has 0 aliphatic carbocycles. The monoisotopic (exact) mass is 247 g/mol. The highest BCUT2D eigenvalue weighted by Gasteiger charge is 2.06. The van der Waals surface area contributed by atoms with E-state index in [0.29, 0.717) is 20.0 Å². The maximum Gasteiger partial charge on any atom is 0.102 e. The molecular weight excluding hydrogens is 246 g/mol. The Kier molecular flexibility index (Phi) is 2.83. The van der Waals surface area contributed by atoms with Gasteiger partial charge in [0.1, 0.15) is 6.07 Å². The minimum Gasteiger partial charge on any atom is -0.192 e. The second-order valence-corrected chi connectivity index (χ2v) is 3.58. The van der Waals surface area contributed by atoms with Gasteiger partial charge in [-0.1, -0.05) is 11.6 Å². The van der Waals surface area contributed by atoms with E-state index in [9.17, 15) is 0 Å². The van der Waals surface area contributed by atoms with Crippen molar-refractivity contribution in [1.29, 1.82) is 5.26 Å². The third-order valence-corrected chi connectivity index (χ3v) is 2.84. The van der Waals surface area contributed by atoms with E-state index in [-0.39, 0.29) is 0 Å². The molecule has 0 unspecified atom stereocenters. The fourth-order valence-corrected chi connectivity index (χ4v) is 1.49. The second-order valence-electron chi connectivity index (χ2n) is 1.87. The van der Waals surface area contributed by atoms with Crippen molar-refractivity contribution in [3.8, 4) is 6.07 Å². The van der Waals surface area contributed by atoms with E-state index in [0.717, 1.165) is 0 Å². The van der Waals surface area contributed by atoms with Crippen molar-refractivity contribution in [2.75, 3.05) is 0 Å². The van der Waals surface area contributed by atoms with Crippen molar-refractivity contribution in [2.24, 2.45) is 0 Å². The highest BCUT2D eigenvalue weighted by Crippen LogP contribution is 2.29. The fraction of sp³-hybridized carbons (Fsp3) is 0. The van der Waals surface area contributed by atoms with Crippen LogP contribution in [0.3, 0.4) is 0 Å². The van der Waals surface area contributed by atoms with E-state index < -0.39 is 0 Å². The summed E-state index contributed by atoms with van der Waals surface area (Å²) in [4.78, 5) is 0.598. The average Bonchev–Trinajstić information content (AvgIpc) is 1.99. The molecule has 0 atom stereocenters. The molecule has 1 aromatic carbocycles. The minimum absolute atomic E-state index is 0.407. The van der Waals surface area contributed by atoms with Crippen molar-refractivity contribution in [3.05, 3.63) is 27.2 Å². The Balaban J connectivity index is 3.44. The SMILES string of the molecule is N#Cc1c(S)ccc(Br)c1Cl. The summed E-state index contributed by atoms with van der Waals surface area (Å²) in [6.45, 7) is 0. The van der Waals surface area contributed by atoms with E-state index in [1.165, 1.54) is 0 Å². The number of rotatable bonds is 0. The molecule has 1 rings (SSSR count). The summed E-state index contributed by atoms with van der Waals surface area (Å²) in [5.74, 6) is 0. The number of hydrogen-bond acceptors (Lipinski definition) is 2. The zero-order valence-electron chi connectivity index (χ0n) is 5.31. The van der Waals surface area contributed by atoms with Crippen molar-refractivity contribution in [3.63, 3.8) is 0 Å². The Morgan fingerprint density at radius 3 is 2.64 bits per heavy atom. The first-order valence-electron chi connectivity index (χ1n) is 2.74. The van der Waals surface area contributed by atoms with Gasteiger partial charge in [-0.3, -0.25) is 0 Å². The number of thiol groups is 1. The Morgan fingerprint density at radius 1 is 1.55 bits per heavy atom. The van der Waals surface area contributed by atoms with Gasteiger partial charge in [-0.25, -0.2) is 0 Å². The standard InChI is InChI=1S/C7H3BrClNS/c8-5-1-2-6(11)4(3-10)7(5)9/h1-2,11H. The van der Waals surface area contributed by atoms with E-state index in [1.54, 1.807) is 12.1 Å². The fourth-order valence-electron chi connectivity index (χ4n) is 0.647. The highest BCUT2D eigenvalue weighted by atomic mass is 79.9. The lowest BCUT2D eigenvalue weighted by Crippen LogP contribution is -1.80. The van der Waals surface area contributed by atoms with Crippen LogP contribution in [0.5, 0.6) is 0 Å². The quantitative estimate of drug-likeness (QED) is 0.700. The molecule has 56 valence electrons. The lowest BCUT2D eigenvalue weighted by molar-refractivity contribution is 1.36. The third kappa shape index (κ3) is 1.70. The molecule has 0 bridgehead atoms. The molecule has 0 amide bonds. The van der Waals surface area contributed by atoms with Crippen molar-refractivity contribution < 1.29 is 0 Å². The van der Waals surface area contributed by atoms with Crippen LogP contribution in [-0.2, 0) is 0 Å². The predicted octanol–water partition coefficient (Wildman–Crippen LogP) is 3.26. The number of hydrogen-bond donors (Lipinski definition) is 1. The molecule has 0 aliphatic rings. The van der Waals surface area contributed by atoms with Gasteiger partial charge in [-0.15, -0.1) is 12.6 Å². The van der Waals surface area contributed by atoms with Crippen LogP contribution in [0, 0.1) is 11.3 Å². The molecule has 0 fully saturated rings. The molecule has 1 nitrogen and oxygen atoms in total. The Hall–Kier alpha value is -0.170. The Labute approximate surface area is 83.5 Å². The molecule has 11 heavy (non-hydrogen) atoms. The van der Waals surface area contributed by atoms with E-state index in [2.05, 4.69) is 28.6 Å². The molecule has 0 saturated carbocycles. The smallest absolute Gasteiger partial charge is 0.102 e. The highest BCUT2D eigenvalue weighted by molar-refractivity contribution is 9.10. The van der Waals surface area contributed by atoms with Gasteiger partial charge in [0.05, 0.1) is 10.6 Å². The van der Waals surface area contributed by atoms with Crippen LogP contribution in [0.1, 0.15) is 5.56 Å². The maximum absolute atomic E-state index is 8.62. The van der Waals surface area contributed by atoms with Gasteiger partial charge in [0.15, 0.2) is 0 Å². The molecule has 0 N–H and O–H groups in total. The summed E-state index contributed by atoms with van der Waals surface area (Å²) in [5.41, 5.74) is 0.407. The molecule has 0 aliphatic heterocycles. The zero-order chi connectivity index (χ0) is 8.43. The zero-order valence-corrected chi connectivity index (χ0v) is 8.54. The van der Waals surface area contributed by atoms with Crippen LogP contribution in [0.25, 0.3) is 0 Å². The second kappa shape index (κ2) is 3.48. The summed E-state index contributed by atoms with van der Waals surface area (Å²) in [5, 5.41) is 9.04. The van der Waals surface area contributed by atoms with Gasteiger partial charge in [0.2, 0.25) is 0 Å². The predicted molar refractivity (Wildman–Crippen MR) is 51.1 cm³/mol.